The molecule has 12 nitrogen and oxygen atoms in total. The van der Waals surface area contributed by atoms with E-state index in [0.717, 1.165) is 65.8 Å². The molecule has 0 saturated carbocycles. The van der Waals surface area contributed by atoms with E-state index in [4.69, 9.17) is 35.5 Å². The molecule has 0 spiro atoms. The van der Waals surface area contributed by atoms with Crippen LogP contribution in [-0.2, 0) is 27.4 Å². The van der Waals surface area contributed by atoms with Gasteiger partial charge in [-0.15, -0.1) is 11.3 Å². The Hall–Kier alpha value is -4.42. The van der Waals surface area contributed by atoms with Gasteiger partial charge >= 0.3 is 12.2 Å². The Morgan fingerprint density at radius 2 is 1.75 bits per heavy atom. The number of carbonyl (C=O) groups excluding carboxylic acids is 2. The molecule has 4 aliphatic rings. The quantitative estimate of drug-likeness (QED) is 0.201. The van der Waals surface area contributed by atoms with Crippen LogP contribution in [0, 0.1) is 17.1 Å². The van der Waals surface area contributed by atoms with Crippen molar-refractivity contribution in [3.63, 3.8) is 0 Å². The second-order valence-electron chi connectivity index (χ2n) is 17.5. The van der Waals surface area contributed by atoms with Crippen LogP contribution in [0.25, 0.3) is 32.1 Å². The summed E-state index contributed by atoms with van der Waals surface area (Å²) in [5, 5.41) is 14.9. The lowest BCUT2D eigenvalue weighted by Gasteiger charge is -2.43. The van der Waals surface area contributed by atoms with E-state index in [1.807, 2.05) is 31.7 Å². The van der Waals surface area contributed by atoms with E-state index in [-0.39, 0.29) is 52.7 Å². The average Bonchev–Trinajstić information content (AvgIpc) is 3.91. The van der Waals surface area contributed by atoms with Crippen molar-refractivity contribution in [2.24, 2.45) is 0 Å². The zero-order valence-electron chi connectivity index (χ0n) is 33.4. The first-order valence-electron chi connectivity index (χ1n) is 19.5. The Kier molecular flexibility index (Phi) is 10.2. The number of likely N-dealkylation sites (N-methyl/N-ethyl adjacent to an activating group) is 1. The molecular weight excluding hydrogens is 771 g/mol. The first-order valence-corrected chi connectivity index (χ1v) is 20.7. The monoisotopic (exact) mass is 818 g/mol. The summed E-state index contributed by atoms with van der Waals surface area (Å²) < 4.78 is 39.8. The maximum Gasteiger partial charge on any atom is 0.412 e. The lowest BCUT2D eigenvalue weighted by molar-refractivity contribution is 0.0209. The Labute approximate surface area is 340 Å². The van der Waals surface area contributed by atoms with Gasteiger partial charge in [-0.2, -0.15) is 5.26 Å². The predicted octanol–water partition coefficient (Wildman–Crippen LogP) is 9.22. The number of hydrogen-bond donors (Lipinski definition) is 1. The Balaban J connectivity index is 1.28. The van der Waals surface area contributed by atoms with Crippen LogP contribution >= 0.6 is 22.9 Å². The van der Waals surface area contributed by atoms with Gasteiger partial charge in [-0.3, -0.25) is 5.32 Å². The number of piperazine rings is 1. The third-order valence-electron chi connectivity index (χ3n) is 11.2. The topological polar surface area (TPSA) is 129 Å². The van der Waals surface area contributed by atoms with Gasteiger partial charge in [-0.05, 0) is 104 Å². The highest BCUT2D eigenvalue weighted by atomic mass is 35.5. The zero-order valence-corrected chi connectivity index (χ0v) is 35.0. The van der Waals surface area contributed by atoms with Gasteiger partial charge in [-0.25, -0.2) is 19.0 Å². The molecule has 57 heavy (non-hydrogen) atoms. The van der Waals surface area contributed by atoms with Gasteiger partial charge in [0.15, 0.2) is 0 Å². The summed E-state index contributed by atoms with van der Waals surface area (Å²) in [6, 6.07) is 7.49. The van der Waals surface area contributed by atoms with Crippen molar-refractivity contribution in [2.75, 3.05) is 43.5 Å². The number of fused-ring (bicyclic) bond motifs is 6. The molecule has 15 heteroatoms. The minimum Gasteiger partial charge on any atom is -0.476 e. The van der Waals surface area contributed by atoms with Gasteiger partial charge in [0.2, 0.25) is 5.88 Å². The van der Waals surface area contributed by atoms with Crippen molar-refractivity contribution in [3.05, 3.63) is 45.7 Å². The second-order valence-corrected chi connectivity index (χ2v) is 18.8. The minimum atomic E-state index is -0.782. The minimum absolute atomic E-state index is 0.0173. The number of pyridine rings is 1. The van der Waals surface area contributed by atoms with Crippen LogP contribution in [0.3, 0.4) is 0 Å². The van der Waals surface area contributed by atoms with Gasteiger partial charge in [0.05, 0.1) is 39.7 Å². The number of halogens is 2. The number of anilines is 2. The zero-order chi connectivity index (χ0) is 40.6. The molecule has 2 aromatic carbocycles. The highest BCUT2D eigenvalue weighted by Crippen LogP contribution is 2.52. The molecule has 302 valence electrons. The van der Waals surface area contributed by atoms with Crippen molar-refractivity contribution >= 4 is 66.8 Å². The number of nitrogens with one attached hydrogen (secondary N) is 1. The van der Waals surface area contributed by atoms with Crippen molar-refractivity contribution in [3.8, 4) is 23.1 Å². The normalized spacial score (nSPS) is 20.9. The molecule has 2 amide bonds. The van der Waals surface area contributed by atoms with Gasteiger partial charge in [0.25, 0.3) is 0 Å². The van der Waals surface area contributed by atoms with Gasteiger partial charge in [0.1, 0.15) is 34.7 Å². The van der Waals surface area contributed by atoms with Gasteiger partial charge in [0, 0.05) is 53.6 Å². The molecule has 1 N–H and O–H groups in total. The average molecular weight is 819 g/mol. The third-order valence-corrected chi connectivity index (χ3v) is 12.6. The number of hydrogen-bond acceptors (Lipinski definition) is 11. The number of nitrogens with zero attached hydrogens (tertiary/aromatic N) is 5. The molecule has 2 aromatic heterocycles. The fraction of sp³-hybridized carbons (Fsp3) is 0.524. The van der Waals surface area contributed by atoms with Gasteiger partial charge < -0.3 is 33.6 Å². The Bertz CT molecular complexity index is 2320. The van der Waals surface area contributed by atoms with E-state index >= 15 is 4.39 Å². The smallest absolute Gasteiger partial charge is 0.412 e. The van der Waals surface area contributed by atoms with Crippen LogP contribution in [-0.4, -0.2) is 89.6 Å². The van der Waals surface area contributed by atoms with Crippen molar-refractivity contribution in [1.82, 2.24) is 14.8 Å². The number of rotatable bonds is 6. The van der Waals surface area contributed by atoms with Crippen molar-refractivity contribution < 1.29 is 32.9 Å². The largest absolute Gasteiger partial charge is 0.476 e. The molecule has 4 aromatic rings. The fourth-order valence-electron chi connectivity index (χ4n) is 8.76. The number of amides is 2. The van der Waals surface area contributed by atoms with Crippen LogP contribution in [0.1, 0.15) is 83.9 Å². The molecule has 2 bridgehead atoms. The Morgan fingerprint density at radius 1 is 1.05 bits per heavy atom. The maximum atomic E-state index is 15.7. The summed E-state index contributed by atoms with van der Waals surface area (Å²) >= 11 is 8.54. The number of carbonyl (C=O) groups is 2. The maximum absolute atomic E-state index is 15.7. The molecule has 3 fully saturated rings. The summed E-state index contributed by atoms with van der Waals surface area (Å²) in [5.74, 6) is -0.105. The fourth-order valence-corrected chi connectivity index (χ4v) is 10.2. The lowest BCUT2D eigenvalue weighted by Crippen LogP contribution is -2.56. The third kappa shape index (κ3) is 7.44. The van der Waals surface area contributed by atoms with Crippen LogP contribution in [0.15, 0.2) is 18.2 Å². The molecule has 0 aliphatic carbocycles. The van der Waals surface area contributed by atoms with Crippen LogP contribution < -0.4 is 15.0 Å². The van der Waals surface area contributed by atoms with Crippen LogP contribution in [0.4, 0.5) is 24.7 Å². The standard InChI is InChI=1S/C42H48ClFN6O6S/c1-41(2,3)55-39(51)47-38-26(16-45)33-25(12-13-29(44)37(33)57-38)32-27-20-53-21-28(27)34-30(15-31(46-36(34)35(32)43)54-19-24-9-8-14-48(24)7)50-22-10-11-23(50)18-49(17-22)40(52)56-42(4,5)6/h12-13,15,22-24H,8-11,14,17-21H2,1-7H3,(H,47,51)/t22?,23?,24-/m0/s1. The first-order chi connectivity index (χ1) is 27.0. The van der Waals surface area contributed by atoms with E-state index in [1.54, 1.807) is 26.8 Å². The summed E-state index contributed by atoms with van der Waals surface area (Å²) in [7, 11) is 2.10. The number of nitriles is 1. The SMILES string of the molecule is CN1CCC[C@H]1COc1cc(N2C3CCC2CN(C(=O)OC(C)(C)C)C3)c2c3c(c(-c4ccc(F)c5sc(NC(=O)OC(C)(C)C)c(C#N)c45)c(Cl)c2n1)COC3. The number of thiophene rings is 1. The Morgan fingerprint density at radius 3 is 2.40 bits per heavy atom. The number of aromatic nitrogens is 1. The van der Waals surface area contributed by atoms with Gasteiger partial charge in [-0.1, -0.05) is 17.7 Å². The number of likely N-dealkylation sites (tertiary alicyclic amines) is 2. The van der Waals surface area contributed by atoms with Crippen LogP contribution in [0.5, 0.6) is 5.88 Å². The van der Waals surface area contributed by atoms with Crippen molar-refractivity contribution in [2.45, 2.75) is 110 Å². The molecular formula is C42H48ClFN6O6S. The van der Waals surface area contributed by atoms with E-state index in [0.29, 0.717) is 52.6 Å². The molecule has 3 atom stereocenters. The molecule has 2 unspecified atom stereocenters. The lowest BCUT2D eigenvalue weighted by atomic mass is 9.90. The first kappa shape index (κ1) is 39.4. The number of benzene rings is 2. The summed E-state index contributed by atoms with van der Waals surface area (Å²) in [5.41, 5.74) is 2.98. The molecule has 0 radical (unpaired) electrons. The molecule has 8 rings (SSSR count). The molecule has 3 saturated heterocycles. The van der Waals surface area contributed by atoms with Crippen LogP contribution in [0.2, 0.25) is 5.02 Å². The van der Waals surface area contributed by atoms with Crippen molar-refractivity contribution in [1.29, 1.82) is 5.26 Å². The highest BCUT2D eigenvalue weighted by molar-refractivity contribution is 7.23. The number of ether oxygens (including phenoxy) is 4. The summed E-state index contributed by atoms with van der Waals surface area (Å²) in [6.45, 7) is 13.8. The predicted molar refractivity (Wildman–Crippen MR) is 219 cm³/mol. The van der Waals surface area contributed by atoms with E-state index in [2.05, 4.69) is 28.2 Å². The summed E-state index contributed by atoms with van der Waals surface area (Å²) in [4.78, 5) is 37.7. The summed E-state index contributed by atoms with van der Waals surface area (Å²) in [6.07, 6.45) is 2.84. The molecule has 6 heterocycles. The highest BCUT2D eigenvalue weighted by Gasteiger charge is 2.44. The van der Waals surface area contributed by atoms with E-state index < -0.39 is 23.1 Å². The molecule has 4 aliphatic heterocycles. The van der Waals surface area contributed by atoms with E-state index in [1.165, 1.54) is 6.07 Å². The van der Waals surface area contributed by atoms with E-state index in [9.17, 15) is 14.9 Å². The second kappa shape index (κ2) is 14.8.